The molecule has 2 N–H and O–H groups in total. The lowest BCUT2D eigenvalue weighted by Gasteiger charge is -2.06. The Morgan fingerprint density at radius 1 is 1.25 bits per heavy atom. The lowest BCUT2D eigenvalue weighted by atomic mass is 10.2. The van der Waals surface area contributed by atoms with Crippen LogP contribution in [0.4, 0.5) is 11.5 Å². The molecular weight excluding hydrogens is 262 g/mol. The van der Waals surface area contributed by atoms with Crippen molar-refractivity contribution in [2.24, 2.45) is 0 Å². The molecule has 7 nitrogen and oxygen atoms in total. The Kier molecular flexibility index (Phi) is 3.99. The van der Waals surface area contributed by atoms with Gasteiger partial charge in [-0.25, -0.2) is 0 Å². The Hall–Kier alpha value is -2.83. The van der Waals surface area contributed by atoms with Crippen LogP contribution in [0.15, 0.2) is 36.4 Å². The molecule has 1 heterocycles. The molecule has 104 valence electrons. The van der Waals surface area contributed by atoms with Crippen LogP contribution >= 0.6 is 0 Å². The molecule has 0 aliphatic rings. The van der Waals surface area contributed by atoms with Crippen molar-refractivity contribution in [3.63, 3.8) is 0 Å². The van der Waals surface area contributed by atoms with Crippen molar-refractivity contribution in [2.75, 3.05) is 12.8 Å². The molecule has 7 heteroatoms. The van der Waals surface area contributed by atoms with E-state index in [-0.39, 0.29) is 24.0 Å². The number of aromatic nitrogens is 1. The number of methoxy groups -OCH3 is 1. The summed E-state index contributed by atoms with van der Waals surface area (Å²) in [6, 6.07) is 10.0. The number of hydrogen-bond acceptors (Lipinski definition) is 6. The summed E-state index contributed by atoms with van der Waals surface area (Å²) in [7, 11) is 1.59. The van der Waals surface area contributed by atoms with Crippen molar-refractivity contribution < 1.29 is 14.4 Å². The van der Waals surface area contributed by atoms with E-state index in [9.17, 15) is 10.1 Å². The van der Waals surface area contributed by atoms with Gasteiger partial charge in [0.25, 0.3) is 0 Å². The smallest absolute Gasteiger partial charge is 0.311 e. The van der Waals surface area contributed by atoms with Crippen LogP contribution in [0.1, 0.15) is 5.56 Å². The van der Waals surface area contributed by atoms with Crippen molar-refractivity contribution in [2.45, 2.75) is 6.61 Å². The van der Waals surface area contributed by atoms with E-state index in [0.717, 1.165) is 11.3 Å². The molecule has 0 spiro atoms. The van der Waals surface area contributed by atoms with Gasteiger partial charge in [0.2, 0.25) is 11.7 Å². The molecule has 2 aromatic rings. The molecule has 0 unspecified atom stereocenters. The first kappa shape index (κ1) is 13.6. The minimum Gasteiger partial charge on any atom is -0.497 e. The van der Waals surface area contributed by atoms with Gasteiger partial charge >= 0.3 is 5.69 Å². The second-order valence-corrected chi connectivity index (χ2v) is 3.95. The van der Waals surface area contributed by atoms with Gasteiger partial charge < -0.3 is 15.2 Å². The summed E-state index contributed by atoms with van der Waals surface area (Å²) in [5.41, 5.74) is 6.17. The number of nitro groups is 1. The Bertz CT molecular complexity index is 614. The van der Waals surface area contributed by atoms with Gasteiger partial charge in [0.1, 0.15) is 12.4 Å². The number of hydrogen-bond donors (Lipinski definition) is 1. The predicted octanol–water partition coefficient (Wildman–Crippen LogP) is 2.16. The van der Waals surface area contributed by atoms with Gasteiger partial charge in [0.15, 0.2) is 0 Å². The maximum absolute atomic E-state index is 10.6. The lowest BCUT2D eigenvalue weighted by molar-refractivity contribution is -0.384. The number of nitrogens with two attached hydrogens (primary N) is 1. The van der Waals surface area contributed by atoms with E-state index in [1.807, 2.05) is 24.3 Å². The second kappa shape index (κ2) is 5.87. The minimum atomic E-state index is -0.588. The molecule has 0 aliphatic heterocycles. The third-order valence-corrected chi connectivity index (χ3v) is 2.62. The van der Waals surface area contributed by atoms with E-state index >= 15 is 0 Å². The van der Waals surface area contributed by atoms with E-state index < -0.39 is 4.92 Å². The summed E-state index contributed by atoms with van der Waals surface area (Å²) in [4.78, 5) is 13.9. The van der Waals surface area contributed by atoms with Crippen molar-refractivity contribution in [1.82, 2.24) is 4.98 Å². The van der Waals surface area contributed by atoms with E-state index in [2.05, 4.69) is 4.98 Å². The summed E-state index contributed by atoms with van der Waals surface area (Å²) in [5, 5.41) is 10.6. The van der Waals surface area contributed by atoms with Gasteiger partial charge in [-0.2, -0.15) is 4.98 Å². The van der Waals surface area contributed by atoms with Gasteiger partial charge in [0.05, 0.1) is 12.0 Å². The average molecular weight is 275 g/mol. The molecule has 0 radical (unpaired) electrons. The average Bonchev–Trinajstić information content (AvgIpc) is 2.45. The standard InChI is InChI=1S/C13H13N3O4/c1-19-10-4-2-9(3-5-10)8-20-12-7-6-11(16(17)18)13(14)15-12/h2-7H,8H2,1H3,(H2,14,15). The lowest BCUT2D eigenvalue weighted by Crippen LogP contribution is -2.02. The normalized spacial score (nSPS) is 10.1. The highest BCUT2D eigenvalue weighted by Gasteiger charge is 2.13. The number of benzene rings is 1. The highest BCUT2D eigenvalue weighted by molar-refractivity contribution is 5.53. The van der Waals surface area contributed by atoms with E-state index in [4.69, 9.17) is 15.2 Å². The van der Waals surface area contributed by atoms with Crippen molar-refractivity contribution in [3.05, 3.63) is 52.1 Å². The molecule has 1 aromatic carbocycles. The number of pyridine rings is 1. The summed E-state index contributed by atoms with van der Waals surface area (Å²) in [6.45, 7) is 0.286. The molecule has 0 atom stereocenters. The van der Waals surface area contributed by atoms with Crippen LogP contribution in [0, 0.1) is 10.1 Å². The summed E-state index contributed by atoms with van der Waals surface area (Å²) in [5.74, 6) is 0.831. The number of nitrogen functional groups attached to an aromatic ring is 1. The summed E-state index contributed by atoms with van der Waals surface area (Å²) >= 11 is 0. The Labute approximate surface area is 115 Å². The molecule has 0 saturated carbocycles. The summed E-state index contributed by atoms with van der Waals surface area (Å²) < 4.78 is 10.5. The topological polar surface area (TPSA) is 101 Å². The number of anilines is 1. The highest BCUT2D eigenvalue weighted by Crippen LogP contribution is 2.22. The van der Waals surface area contributed by atoms with Crippen molar-refractivity contribution in [1.29, 1.82) is 0 Å². The Balaban J connectivity index is 2.03. The fourth-order valence-corrected chi connectivity index (χ4v) is 1.56. The van der Waals surface area contributed by atoms with Gasteiger partial charge in [-0.3, -0.25) is 10.1 Å². The summed E-state index contributed by atoms with van der Waals surface area (Å²) in [6.07, 6.45) is 0. The fourth-order valence-electron chi connectivity index (χ4n) is 1.56. The SMILES string of the molecule is COc1ccc(COc2ccc([N+](=O)[O-])c(N)n2)cc1. The first-order valence-corrected chi connectivity index (χ1v) is 5.77. The van der Waals surface area contributed by atoms with Crippen LogP contribution in [0.3, 0.4) is 0 Å². The molecule has 20 heavy (non-hydrogen) atoms. The minimum absolute atomic E-state index is 0.165. The number of rotatable bonds is 5. The fraction of sp³-hybridized carbons (Fsp3) is 0.154. The molecular formula is C13H13N3O4. The van der Waals surface area contributed by atoms with Crippen molar-refractivity contribution in [3.8, 4) is 11.6 Å². The van der Waals surface area contributed by atoms with Crippen LogP contribution < -0.4 is 15.2 Å². The van der Waals surface area contributed by atoms with E-state index in [0.29, 0.717) is 0 Å². The van der Waals surface area contributed by atoms with Crippen LogP contribution in [-0.2, 0) is 6.61 Å². The molecule has 2 rings (SSSR count). The predicted molar refractivity (Wildman–Crippen MR) is 72.6 cm³/mol. The number of nitrogens with zero attached hydrogens (tertiary/aromatic N) is 2. The van der Waals surface area contributed by atoms with Crippen LogP contribution in [0.5, 0.6) is 11.6 Å². The Morgan fingerprint density at radius 2 is 1.95 bits per heavy atom. The molecule has 0 saturated heterocycles. The first-order valence-electron chi connectivity index (χ1n) is 5.77. The zero-order chi connectivity index (χ0) is 14.5. The second-order valence-electron chi connectivity index (χ2n) is 3.95. The zero-order valence-electron chi connectivity index (χ0n) is 10.8. The third-order valence-electron chi connectivity index (χ3n) is 2.62. The highest BCUT2D eigenvalue weighted by atomic mass is 16.6. The molecule has 0 bridgehead atoms. The molecule has 0 amide bonds. The largest absolute Gasteiger partial charge is 0.497 e. The van der Waals surface area contributed by atoms with Crippen LogP contribution in [-0.4, -0.2) is 17.0 Å². The first-order chi connectivity index (χ1) is 9.60. The van der Waals surface area contributed by atoms with Crippen molar-refractivity contribution >= 4 is 11.5 Å². The van der Waals surface area contributed by atoms with Gasteiger partial charge in [-0.1, -0.05) is 12.1 Å². The van der Waals surface area contributed by atoms with Gasteiger partial charge in [-0.05, 0) is 17.7 Å². The molecule has 0 fully saturated rings. The van der Waals surface area contributed by atoms with Crippen LogP contribution in [0.25, 0.3) is 0 Å². The van der Waals surface area contributed by atoms with Crippen LogP contribution in [0.2, 0.25) is 0 Å². The quantitative estimate of drug-likeness (QED) is 0.662. The molecule has 0 aliphatic carbocycles. The number of ether oxygens (including phenoxy) is 2. The monoisotopic (exact) mass is 275 g/mol. The van der Waals surface area contributed by atoms with E-state index in [1.54, 1.807) is 7.11 Å². The van der Waals surface area contributed by atoms with Gasteiger partial charge in [-0.15, -0.1) is 0 Å². The zero-order valence-corrected chi connectivity index (χ0v) is 10.8. The molecule has 1 aromatic heterocycles. The maximum Gasteiger partial charge on any atom is 0.311 e. The maximum atomic E-state index is 10.6. The Morgan fingerprint density at radius 3 is 2.50 bits per heavy atom. The van der Waals surface area contributed by atoms with E-state index in [1.165, 1.54) is 12.1 Å². The van der Waals surface area contributed by atoms with Gasteiger partial charge in [0, 0.05) is 12.1 Å². The third kappa shape index (κ3) is 3.14.